The number of hydrogen-bond acceptors (Lipinski definition) is 3. The van der Waals surface area contributed by atoms with Crippen molar-refractivity contribution in [2.24, 2.45) is 16.5 Å². The van der Waals surface area contributed by atoms with Gasteiger partial charge in [0.2, 0.25) is 0 Å². The van der Waals surface area contributed by atoms with Crippen LogP contribution >= 0.6 is 0 Å². The zero-order chi connectivity index (χ0) is 9.14. The minimum Gasteiger partial charge on any atom is -0.370 e. The molecule has 1 aromatic heterocycles. The Kier molecular flexibility index (Phi) is 2.23. The fourth-order valence-corrected chi connectivity index (χ4v) is 0.716. The predicted molar refractivity (Wildman–Crippen MR) is 47.0 cm³/mol. The first-order chi connectivity index (χ1) is 5.59. The second-order valence-corrected chi connectivity index (χ2v) is 2.44. The first-order valence-electron chi connectivity index (χ1n) is 3.49. The summed E-state index contributed by atoms with van der Waals surface area (Å²) >= 11 is 0. The van der Waals surface area contributed by atoms with Gasteiger partial charge in [-0.05, 0) is 13.8 Å². The standard InChI is InChI=1S/C7H11N5/c1-4-5(2)11-6(3-10-4)12-7(8)9/h3H,1-2H3,(H4,8,9,11,12). The van der Waals surface area contributed by atoms with Gasteiger partial charge >= 0.3 is 0 Å². The number of aryl methyl sites for hydroxylation is 2. The molecule has 5 heteroatoms. The smallest absolute Gasteiger partial charge is 0.192 e. The summed E-state index contributed by atoms with van der Waals surface area (Å²) in [7, 11) is 0. The van der Waals surface area contributed by atoms with Crippen molar-refractivity contribution in [3.05, 3.63) is 17.6 Å². The highest BCUT2D eigenvalue weighted by atomic mass is 15.0. The zero-order valence-corrected chi connectivity index (χ0v) is 7.07. The Morgan fingerprint density at radius 2 is 2.00 bits per heavy atom. The molecule has 0 bridgehead atoms. The Bertz CT molecular complexity index is 314. The molecular formula is C7H11N5. The van der Waals surface area contributed by atoms with Gasteiger partial charge in [0.15, 0.2) is 11.8 Å². The van der Waals surface area contributed by atoms with Crippen LogP contribution in [-0.2, 0) is 0 Å². The Morgan fingerprint density at radius 3 is 2.50 bits per heavy atom. The summed E-state index contributed by atoms with van der Waals surface area (Å²) in [5.41, 5.74) is 12.1. The van der Waals surface area contributed by atoms with Gasteiger partial charge < -0.3 is 11.5 Å². The van der Waals surface area contributed by atoms with Crippen molar-refractivity contribution in [1.29, 1.82) is 0 Å². The summed E-state index contributed by atoms with van der Waals surface area (Å²) in [6, 6.07) is 0. The predicted octanol–water partition coefficient (Wildman–Crippen LogP) is -0.00166. The maximum atomic E-state index is 5.17. The number of aliphatic imine (C=N–C) groups is 1. The van der Waals surface area contributed by atoms with Crippen molar-refractivity contribution in [2.75, 3.05) is 0 Å². The van der Waals surface area contributed by atoms with Crippen molar-refractivity contribution in [3.8, 4) is 0 Å². The highest BCUT2D eigenvalue weighted by molar-refractivity contribution is 5.78. The van der Waals surface area contributed by atoms with Crippen LogP contribution in [0.1, 0.15) is 11.4 Å². The molecule has 0 radical (unpaired) electrons. The van der Waals surface area contributed by atoms with E-state index in [-0.39, 0.29) is 5.96 Å². The SMILES string of the molecule is Cc1ncc(N=C(N)N)nc1C. The van der Waals surface area contributed by atoms with E-state index in [1.807, 2.05) is 13.8 Å². The second-order valence-electron chi connectivity index (χ2n) is 2.44. The van der Waals surface area contributed by atoms with Gasteiger partial charge in [0.05, 0.1) is 17.6 Å². The van der Waals surface area contributed by atoms with Gasteiger partial charge in [-0.3, -0.25) is 4.98 Å². The Morgan fingerprint density at radius 1 is 1.33 bits per heavy atom. The van der Waals surface area contributed by atoms with Gasteiger partial charge in [-0.1, -0.05) is 0 Å². The fraction of sp³-hybridized carbons (Fsp3) is 0.286. The molecule has 0 saturated heterocycles. The van der Waals surface area contributed by atoms with E-state index < -0.39 is 0 Å². The Balaban J connectivity index is 3.05. The van der Waals surface area contributed by atoms with Crippen molar-refractivity contribution in [1.82, 2.24) is 9.97 Å². The van der Waals surface area contributed by atoms with Gasteiger partial charge in [0.25, 0.3) is 0 Å². The molecule has 0 aromatic carbocycles. The molecule has 0 atom stereocenters. The molecule has 0 fully saturated rings. The molecule has 5 nitrogen and oxygen atoms in total. The van der Waals surface area contributed by atoms with E-state index >= 15 is 0 Å². The summed E-state index contributed by atoms with van der Waals surface area (Å²) in [6.45, 7) is 3.73. The molecule has 0 unspecified atom stereocenters. The minimum atomic E-state index is -0.00690. The van der Waals surface area contributed by atoms with Crippen LogP contribution in [0.25, 0.3) is 0 Å². The summed E-state index contributed by atoms with van der Waals surface area (Å²) in [6.07, 6.45) is 1.53. The monoisotopic (exact) mass is 165 g/mol. The third-order valence-electron chi connectivity index (χ3n) is 1.42. The van der Waals surface area contributed by atoms with Crippen LogP contribution in [0.3, 0.4) is 0 Å². The van der Waals surface area contributed by atoms with Crippen LogP contribution in [0.2, 0.25) is 0 Å². The summed E-state index contributed by atoms with van der Waals surface area (Å²) in [5.74, 6) is 0.436. The molecule has 1 aromatic rings. The van der Waals surface area contributed by atoms with Gasteiger partial charge in [0, 0.05) is 0 Å². The number of aromatic nitrogens is 2. The quantitative estimate of drug-likeness (QED) is 0.452. The second kappa shape index (κ2) is 3.17. The summed E-state index contributed by atoms with van der Waals surface area (Å²) in [4.78, 5) is 11.9. The van der Waals surface area contributed by atoms with E-state index in [1.165, 1.54) is 6.20 Å². The molecule has 0 aliphatic heterocycles. The van der Waals surface area contributed by atoms with Crippen LogP contribution in [0, 0.1) is 13.8 Å². The van der Waals surface area contributed by atoms with Gasteiger partial charge in [-0.15, -0.1) is 0 Å². The molecule has 1 heterocycles. The molecule has 0 aliphatic carbocycles. The van der Waals surface area contributed by atoms with E-state index in [2.05, 4.69) is 15.0 Å². The molecule has 1 rings (SSSR count). The lowest BCUT2D eigenvalue weighted by atomic mass is 10.3. The summed E-state index contributed by atoms with van der Waals surface area (Å²) in [5, 5.41) is 0. The van der Waals surface area contributed by atoms with E-state index in [1.54, 1.807) is 0 Å². The van der Waals surface area contributed by atoms with Crippen LogP contribution < -0.4 is 11.5 Å². The number of hydrogen-bond donors (Lipinski definition) is 2. The molecule has 4 N–H and O–H groups in total. The lowest BCUT2D eigenvalue weighted by Crippen LogP contribution is -2.22. The Labute approximate surface area is 70.5 Å². The minimum absolute atomic E-state index is 0.00690. The maximum absolute atomic E-state index is 5.17. The number of rotatable bonds is 1. The van der Waals surface area contributed by atoms with Gasteiger partial charge in [0.1, 0.15) is 0 Å². The highest BCUT2D eigenvalue weighted by Crippen LogP contribution is 2.07. The van der Waals surface area contributed by atoms with E-state index in [9.17, 15) is 0 Å². The Hall–Kier alpha value is -1.65. The molecule has 12 heavy (non-hydrogen) atoms. The third kappa shape index (κ3) is 1.91. The van der Waals surface area contributed by atoms with E-state index in [0.717, 1.165) is 11.4 Å². The van der Waals surface area contributed by atoms with E-state index in [0.29, 0.717) is 5.82 Å². The molecular weight excluding hydrogens is 154 g/mol. The topological polar surface area (TPSA) is 90.2 Å². The molecule has 64 valence electrons. The first kappa shape index (κ1) is 8.45. The third-order valence-corrected chi connectivity index (χ3v) is 1.42. The maximum Gasteiger partial charge on any atom is 0.192 e. The molecule has 0 aliphatic rings. The lowest BCUT2D eigenvalue weighted by molar-refractivity contribution is 1.04. The fourth-order valence-electron chi connectivity index (χ4n) is 0.716. The largest absolute Gasteiger partial charge is 0.370 e. The van der Waals surface area contributed by atoms with Gasteiger partial charge in [-0.2, -0.15) is 4.99 Å². The van der Waals surface area contributed by atoms with Crippen LogP contribution in [0.15, 0.2) is 11.2 Å². The first-order valence-corrected chi connectivity index (χ1v) is 3.49. The molecule has 0 spiro atoms. The van der Waals surface area contributed by atoms with E-state index in [4.69, 9.17) is 11.5 Å². The number of guanidine groups is 1. The van der Waals surface area contributed by atoms with Crippen LogP contribution in [0.5, 0.6) is 0 Å². The normalized spacial score (nSPS) is 9.50. The molecule has 0 saturated carbocycles. The van der Waals surface area contributed by atoms with Crippen molar-refractivity contribution >= 4 is 11.8 Å². The lowest BCUT2D eigenvalue weighted by Gasteiger charge is -1.98. The number of nitrogens with two attached hydrogens (primary N) is 2. The van der Waals surface area contributed by atoms with Crippen LogP contribution in [0.4, 0.5) is 5.82 Å². The van der Waals surface area contributed by atoms with Crippen molar-refractivity contribution in [2.45, 2.75) is 13.8 Å². The molecule has 0 amide bonds. The van der Waals surface area contributed by atoms with Crippen molar-refractivity contribution in [3.63, 3.8) is 0 Å². The average molecular weight is 165 g/mol. The highest BCUT2D eigenvalue weighted by Gasteiger charge is 1.97. The zero-order valence-electron chi connectivity index (χ0n) is 7.07. The van der Waals surface area contributed by atoms with Crippen LogP contribution in [-0.4, -0.2) is 15.9 Å². The number of nitrogens with zero attached hydrogens (tertiary/aromatic N) is 3. The van der Waals surface area contributed by atoms with Crippen molar-refractivity contribution < 1.29 is 0 Å². The summed E-state index contributed by atoms with van der Waals surface area (Å²) < 4.78 is 0. The average Bonchev–Trinajstić information content (AvgIpc) is 1.96. The van der Waals surface area contributed by atoms with Gasteiger partial charge in [-0.25, -0.2) is 4.98 Å².